The van der Waals surface area contributed by atoms with E-state index < -0.39 is 11.7 Å². The Morgan fingerprint density at radius 1 is 1.31 bits per heavy atom. The molecule has 0 spiro atoms. The maximum atomic E-state index is 12.4. The van der Waals surface area contributed by atoms with Crippen LogP contribution in [0.3, 0.4) is 0 Å². The van der Waals surface area contributed by atoms with Crippen LogP contribution in [-0.2, 0) is 12.7 Å². The summed E-state index contributed by atoms with van der Waals surface area (Å²) in [5.41, 5.74) is 7.18. The van der Waals surface area contributed by atoms with Crippen molar-refractivity contribution in [3.63, 3.8) is 0 Å². The van der Waals surface area contributed by atoms with Gasteiger partial charge in [0.15, 0.2) is 5.69 Å². The number of azide groups is 1. The smallest absolute Gasteiger partial charge is 0.238 e. The number of rotatable bonds is 2. The number of halogens is 3. The van der Waals surface area contributed by atoms with Crippen molar-refractivity contribution in [1.82, 2.24) is 0 Å². The molecule has 1 aromatic carbocycles. The third-order valence-electron chi connectivity index (χ3n) is 1.75. The highest BCUT2D eigenvalue weighted by Crippen LogP contribution is 2.32. The number of hydrogen-bond acceptors (Lipinski definition) is 1. The lowest BCUT2D eigenvalue weighted by Crippen LogP contribution is -2.05. The summed E-state index contributed by atoms with van der Waals surface area (Å²) >= 11 is 0. The summed E-state index contributed by atoms with van der Waals surface area (Å²) in [6.07, 6.45) is -4.51. The first-order valence-corrected chi connectivity index (χ1v) is 4.07. The zero-order valence-electron chi connectivity index (χ0n) is 7.86. The van der Waals surface area contributed by atoms with E-state index in [1.165, 1.54) is 6.07 Å². The van der Waals surface area contributed by atoms with Crippen LogP contribution in [0.15, 0.2) is 23.3 Å². The maximum absolute atomic E-state index is 12.4. The van der Waals surface area contributed by atoms with Crippen LogP contribution < -0.4 is 0 Å². The Morgan fingerprint density at radius 2 is 2.00 bits per heavy atom. The van der Waals surface area contributed by atoms with Crippen LogP contribution in [0.2, 0.25) is 0 Å². The van der Waals surface area contributed by atoms with E-state index in [0.29, 0.717) is 0 Å². The zero-order valence-corrected chi connectivity index (χ0v) is 7.86. The minimum atomic E-state index is -4.51. The lowest BCUT2D eigenvalue weighted by Gasteiger charge is -2.08. The van der Waals surface area contributed by atoms with Gasteiger partial charge < -0.3 is 0 Å². The minimum Gasteiger partial charge on any atom is -0.238 e. The van der Waals surface area contributed by atoms with Crippen molar-refractivity contribution in [2.75, 3.05) is 0 Å². The molecule has 16 heavy (non-hydrogen) atoms. The normalized spacial score (nSPS) is 10.4. The van der Waals surface area contributed by atoms with E-state index in [0.717, 1.165) is 12.1 Å². The highest BCUT2D eigenvalue weighted by atomic mass is 19.4. The van der Waals surface area contributed by atoms with Gasteiger partial charge in [-0.15, -0.1) is 0 Å². The Kier molecular flexibility index (Phi) is 3.38. The molecular weight excluding hydrogens is 221 g/mol. The first-order valence-electron chi connectivity index (χ1n) is 4.07. The fraction of sp³-hybridized carbons (Fsp3) is 0.222. The second-order valence-electron chi connectivity index (χ2n) is 2.89. The highest BCUT2D eigenvalue weighted by Gasteiger charge is 2.30. The highest BCUT2D eigenvalue weighted by molar-refractivity contribution is 5.50. The van der Waals surface area contributed by atoms with Gasteiger partial charge in [-0.2, -0.15) is 13.2 Å². The Morgan fingerprint density at radius 3 is 2.50 bits per heavy atom. The molecule has 0 fully saturated rings. The molecule has 82 valence electrons. The fourth-order valence-corrected chi connectivity index (χ4v) is 1.11. The standard InChI is InChI=1S/C9H5F3N4/c1-14-8-3-6(5-15-16-13)2-7(4-8)9(10,11)12/h2-4H,5H2. The zero-order chi connectivity index (χ0) is 12.2. The van der Waals surface area contributed by atoms with Gasteiger partial charge in [-0.1, -0.05) is 16.7 Å². The van der Waals surface area contributed by atoms with E-state index in [2.05, 4.69) is 14.9 Å². The molecule has 0 radical (unpaired) electrons. The van der Waals surface area contributed by atoms with E-state index in [1.807, 2.05) is 0 Å². The SMILES string of the molecule is [C-]#[N+]c1cc(CN=[N+]=[N-])cc(C(F)(F)F)c1. The molecule has 4 nitrogen and oxygen atoms in total. The van der Waals surface area contributed by atoms with Crippen molar-refractivity contribution in [2.45, 2.75) is 12.7 Å². The predicted octanol–water partition coefficient (Wildman–Crippen LogP) is 4.07. The topological polar surface area (TPSA) is 53.1 Å². The van der Waals surface area contributed by atoms with Gasteiger partial charge in [0, 0.05) is 17.0 Å². The second kappa shape index (κ2) is 4.55. The number of hydrogen-bond donors (Lipinski definition) is 0. The van der Waals surface area contributed by atoms with Gasteiger partial charge in [0.2, 0.25) is 0 Å². The summed E-state index contributed by atoms with van der Waals surface area (Å²) in [7, 11) is 0. The molecule has 0 aliphatic heterocycles. The Labute approximate surface area is 88.8 Å². The predicted molar refractivity (Wildman–Crippen MR) is 50.6 cm³/mol. The Hall–Kier alpha value is -2.19. The molecule has 0 aromatic heterocycles. The second-order valence-corrected chi connectivity index (χ2v) is 2.89. The fourth-order valence-electron chi connectivity index (χ4n) is 1.11. The molecule has 0 N–H and O–H groups in total. The molecule has 7 heteroatoms. The Bertz CT molecular complexity index is 481. The molecule has 0 atom stereocenters. The van der Waals surface area contributed by atoms with Crippen molar-refractivity contribution >= 4 is 5.69 Å². The third-order valence-corrected chi connectivity index (χ3v) is 1.75. The molecule has 0 heterocycles. The quantitative estimate of drug-likeness (QED) is 0.316. The lowest BCUT2D eigenvalue weighted by atomic mass is 10.1. The van der Waals surface area contributed by atoms with Crippen LogP contribution in [0.5, 0.6) is 0 Å². The van der Waals surface area contributed by atoms with Gasteiger partial charge in [0.05, 0.1) is 6.57 Å². The van der Waals surface area contributed by atoms with Crippen molar-refractivity contribution in [3.05, 3.63) is 51.2 Å². The monoisotopic (exact) mass is 226 g/mol. The molecule has 0 unspecified atom stereocenters. The summed E-state index contributed by atoms with van der Waals surface area (Å²) < 4.78 is 37.2. The minimum absolute atomic E-state index is 0.127. The average Bonchev–Trinajstić information content (AvgIpc) is 2.24. The molecule has 1 aromatic rings. The average molecular weight is 226 g/mol. The summed E-state index contributed by atoms with van der Waals surface area (Å²) in [5.74, 6) is 0. The van der Waals surface area contributed by atoms with E-state index in [1.54, 1.807) is 0 Å². The molecule has 0 amide bonds. The number of alkyl halides is 3. The van der Waals surface area contributed by atoms with Gasteiger partial charge in [-0.25, -0.2) is 4.85 Å². The van der Waals surface area contributed by atoms with Crippen LogP contribution in [-0.4, -0.2) is 0 Å². The first-order chi connectivity index (χ1) is 7.47. The van der Waals surface area contributed by atoms with Crippen molar-refractivity contribution < 1.29 is 13.2 Å². The summed E-state index contributed by atoms with van der Waals surface area (Å²) in [6, 6.07) is 2.88. The van der Waals surface area contributed by atoms with Gasteiger partial charge in [0.25, 0.3) is 0 Å². The van der Waals surface area contributed by atoms with Crippen molar-refractivity contribution in [3.8, 4) is 0 Å². The van der Waals surface area contributed by atoms with Crippen LogP contribution in [0, 0.1) is 6.57 Å². The summed E-state index contributed by atoms with van der Waals surface area (Å²) in [6.45, 7) is 6.47. The third kappa shape index (κ3) is 2.90. The maximum Gasteiger partial charge on any atom is 0.415 e. The molecule has 0 saturated heterocycles. The first kappa shape index (κ1) is 11.9. The number of benzene rings is 1. The van der Waals surface area contributed by atoms with E-state index in [-0.39, 0.29) is 17.8 Å². The van der Waals surface area contributed by atoms with E-state index >= 15 is 0 Å². The summed E-state index contributed by atoms with van der Waals surface area (Å²) in [5, 5.41) is 3.15. The molecule has 0 aliphatic rings. The van der Waals surface area contributed by atoms with Crippen LogP contribution in [0.1, 0.15) is 11.1 Å². The largest absolute Gasteiger partial charge is 0.415 e. The molecule has 0 saturated carbocycles. The van der Waals surface area contributed by atoms with E-state index in [4.69, 9.17) is 12.1 Å². The van der Waals surface area contributed by atoms with Gasteiger partial charge in [-0.3, -0.25) is 0 Å². The van der Waals surface area contributed by atoms with Crippen LogP contribution in [0.4, 0.5) is 18.9 Å². The van der Waals surface area contributed by atoms with Crippen LogP contribution >= 0.6 is 0 Å². The number of nitrogens with zero attached hydrogens (tertiary/aromatic N) is 4. The summed E-state index contributed by atoms with van der Waals surface area (Å²) in [4.78, 5) is 5.37. The molecular formula is C9H5F3N4. The van der Waals surface area contributed by atoms with Crippen molar-refractivity contribution in [1.29, 1.82) is 0 Å². The molecule has 0 bridgehead atoms. The van der Waals surface area contributed by atoms with Gasteiger partial charge in [0.1, 0.15) is 0 Å². The van der Waals surface area contributed by atoms with Crippen molar-refractivity contribution in [2.24, 2.45) is 5.11 Å². The molecule has 1 rings (SSSR count). The van der Waals surface area contributed by atoms with Gasteiger partial charge in [-0.05, 0) is 17.7 Å². The lowest BCUT2D eigenvalue weighted by molar-refractivity contribution is -0.137. The van der Waals surface area contributed by atoms with Gasteiger partial charge >= 0.3 is 6.18 Å². The van der Waals surface area contributed by atoms with E-state index in [9.17, 15) is 13.2 Å². The molecule has 0 aliphatic carbocycles. The Balaban J connectivity index is 3.22. The van der Waals surface area contributed by atoms with Crippen LogP contribution in [0.25, 0.3) is 15.3 Å².